The van der Waals surface area contributed by atoms with Crippen LogP contribution in [0.15, 0.2) is 72.8 Å². The summed E-state index contributed by atoms with van der Waals surface area (Å²) in [5.41, 5.74) is 2.29. The van der Waals surface area contributed by atoms with E-state index in [0.29, 0.717) is 40.3 Å². The second kappa shape index (κ2) is 9.99. The molecule has 34 heavy (non-hydrogen) atoms. The molecule has 0 saturated heterocycles. The van der Waals surface area contributed by atoms with Crippen LogP contribution in [-0.2, 0) is 11.3 Å². The highest BCUT2D eigenvalue weighted by Crippen LogP contribution is 2.24. The third kappa shape index (κ3) is 4.96. The van der Waals surface area contributed by atoms with E-state index in [9.17, 15) is 19.2 Å². The van der Waals surface area contributed by atoms with Crippen LogP contribution in [-0.4, -0.2) is 41.7 Å². The van der Waals surface area contributed by atoms with Crippen molar-refractivity contribution in [1.29, 1.82) is 0 Å². The molecule has 2 N–H and O–H groups in total. The first-order valence-electron chi connectivity index (χ1n) is 10.8. The lowest BCUT2D eigenvalue weighted by Gasteiger charge is -2.14. The number of benzene rings is 3. The molecule has 8 heteroatoms. The van der Waals surface area contributed by atoms with Gasteiger partial charge in [0.15, 0.2) is 0 Å². The minimum absolute atomic E-state index is 0.0473. The number of ether oxygens (including phenoxy) is 1. The van der Waals surface area contributed by atoms with E-state index in [4.69, 9.17) is 4.74 Å². The number of nitrogens with one attached hydrogen (secondary N) is 2. The molecule has 172 valence electrons. The summed E-state index contributed by atoms with van der Waals surface area (Å²) in [6.45, 7) is 2.27. The van der Waals surface area contributed by atoms with Crippen LogP contribution in [0.1, 0.15) is 43.6 Å². The summed E-state index contributed by atoms with van der Waals surface area (Å²) in [6.07, 6.45) is 0. The summed E-state index contributed by atoms with van der Waals surface area (Å²) in [5.74, 6) is -0.830. The van der Waals surface area contributed by atoms with Gasteiger partial charge in [0.05, 0.1) is 30.8 Å². The summed E-state index contributed by atoms with van der Waals surface area (Å²) in [5, 5.41) is 5.29. The molecule has 0 fully saturated rings. The molecule has 0 aliphatic carbocycles. The van der Waals surface area contributed by atoms with Gasteiger partial charge in [-0.05, 0) is 61.0 Å². The van der Waals surface area contributed by atoms with Crippen molar-refractivity contribution in [2.24, 2.45) is 0 Å². The first-order valence-corrected chi connectivity index (χ1v) is 10.8. The molecule has 0 saturated carbocycles. The van der Waals surface area contributed by atoms with E-state index in [1.807, 2.05) is 6.92 Å². The number of carbonyl (C=O) groups is 4. The molecule has 0 unspecified atom stereocenters. The van der Waals surface area contributed by atoms with Crippen LogP contribution in [0.5, 0.6) is 5.75 Å². The minimum Gasteiger partial charge on any atom is -0.494 e. The zero-order chi connectivity index (χ0) is 24.1. The Morgan fingerprint density at radius 1 is 0.882 bits per heavy atom. The number of nitrogens with zero attached hydrogens (tertiary/aromatic N) is 1. The van der Waals surface area contributed by atoms with Gasteiger partial charge >= 0.3 is 0 Å². The van der Waals surface area contributed by atoms with Crippen LogP contribution in [0.4, 0.5) is 5.69 Å². The first-order chi connectivity index (χ1) is 16.5. The smallest absolute Gasteiger partial charge is 0.261 e. The molecule has 0 radical (unpaired) electrons. The molecule has 1 aliphatic heterocycles. The van der Waals surface area contributed by atoms with Gasteiger partial charge in [-0.2, -0.15) is 0 Å². The van der Waals surface area contributed by atoms with Crippen molar-refractivity contribution in [2.75, 3.05) is 18.5 Å². The van der Waals surface area contributed by atoms with E-state index in [-0.39, 0.29) is 30.8 Å². The number of amides is 4. The van der Waals surface area contributed by atoms with Gasteiger partial charge in [0.25, 0.3) is 17.7 Å². The predicted molar refractivity (Wildman–Crippen MR) is 126 cm³/mol. The maximum atomic E-state index is 12.6. The van der Waals surface area contributed by atoms with Crippen molar-refractivity contribution in [3.8, 4) is 5.75 Å². The van der Waals surface area contributed by atoms with Crippen LogP contribution in [0.25, 0.3) is 0 Å². The second-order valence-corrected chi connectivity index (χ2v) is 7.63. The van der Waals surface area contributed by atoms with Crippen LogP contribution >= 0.6 is 0 Å². The fourth-order valence-electron chi connectivity index (χ4n) is 3.65. The normalized spacial score (nSPS) is 12.3. The molecule has 3 aromatic carbocycles. The minimum atomic E-state index is -0.439. The lowest BCUT2D eigenvalue weighted by molar-refractivity contribution is -0.115. The molecular weight excluding hydrogens is 434 g/mol. The molecule has 0 aromatic heterocycles. The Hall–Kier alpha value is -4.46. The van der Waals surface area contributed by atoms with Gasteiger partial charge in [-0.15, -0.1) is 0 Å². The lowest BCUT2D eigenvalue weighted by atomic mass is 10.1. The van der Waals surface area contributed by atoms with Crippen molar-refractivity contribution >= 4 is 29.3 Å². The Labute approximate surface area is 196 Å². The molecule has 4 rings (SSSR count). The lowest BCUT2D eigenvalue weighted by Crippen LogP contribution is -2.33. The monoisotopic (exact) mass is 457 g/mol. The van der Waals surface area contributed by atoms with Crippen molar-refractivity contribution < 1.29 is 23.9 Å². The highest BCUT2D eigenvalue weighted by molar-refractivity contribution is 6.21. The van der Waals surface area contributed by atoms with E-state index >= 15 is 0 Å². The van der Waals surface area contributed by atoms with E-state index in [1.165, 1.54) is 0 Å². The maximum absolute atomic E-state index is 12.6. The molecule has 0 atom stereocenters. The number of hydrogen-bond acceptors (Lipinski definition) is 5. The molecule has 4 amide bonds. The van der Waals surface area contributed by atoms with Crippen LogP contribution in [0, 0.1) is 0 Å². The summed E-state index contributed by atoms with van der Waals surface area (Å²) >= 11 is 0. The molecule has 3 aromatic rings. The van der Waals surface area contributed by atoms with Gasteiger partial charge in [-0.1, -0.05) is 24.3 Å². The van der Waals surface area contributed by atoms with Crippen LogP contribution in [0.2, 0.25) is 0 Å². The standard InChI is InChI=1S/C26H23N3O5/c1-2-34-20-12-10-19(11-13-20)28-23(30)15-27-24(31)18-7-5-6-17(14-18)16-29-25(32)21-8-3-4-9-22(21)26(29)33/h3-14H,2,15-16H2,1H3,(H,27,31)(H,28,30). The zero-order valence-electron chi connectivity index (χ0n) is 18.5. The number of fused-ring (bicyclic) bond motifs is 1. The molecule has 8 nitrogen and oxygen atoms in total. The number of hydrogen-bond donors (Lipinski definition) is 2. The van der Waals surface area contributed by atoms with Gasteiger partial charge < -0.3 is 15.4 Å². The van der Waals surface area contributed by atoms with Crippen molar-refractivity contribution in [3.63, 3.8) is 0 Å². The van der Waals surface area contributed by atoms with E-state index in [1.54, 1.807) is 72.8 Å². The summed E-state index contributed by atoms with van der Waals surface area (Å²) < 4.78 is 5.36. The molecule has 0 bridgehead atoms. The Kier molecular flexibility index (Phi) is 6.68. The number of imide groups is 1. The predicted octanol–water partition coefficient (Wildman–Crippen LogP) is 3.25. The van der Waals surface area contributed by atoms with E-state index < -0.39 is 5.91 Å². The van der Waals surface area contributed by atoms with E-state index in [0.717, 1.165) is 4.90 Å². The summed E-state index contributed by atoms with van der Waals surface area (Å²) in [7, 11) is 0. The van der Waals surface area contributed by atoms with Gasteiger partial charge in [-0.25, -0.2) is 0 Å². The second-order valence-electron chi connectivity index (χ2n) is 7.63. The quantitative estimate of drug-likeness (QED) is 0.506. The molecule has 1 aliphatic rings. The molecular formula is C26H23N3O5. The fraction of sp³-hybridized carbons (Fsp3) is 0.154. The Morgan fingerprint density at radius 2 is 1.56 bits per heavy atom. The largest absolute Gasteiger partial charge is 0.494 e. The number of rotatable bonds is 8. The van der Waals surface area contributed by atoms with E-state index in [2.05, 4.69) is 10.6 Å². The van der Waals surface area contributed by atoms with Crippen LogP contribution < -0.4 is 15.4 Å². The topological polar surface area (TPSA) is 105 Å². The van der Waals surface area contributed by atoms with Crippen molar-refractivity contribution in [2.45, 2.75) is 13.5 Å². The Balaban J connectivity index is 1.33. The van der Waals surface area contributed by atoms with Gasteiger partial charge in [0.1, 0.15) is 5.75 Å². The summed E-state index contributed by atoms with van der Waals surface area (Å²) in [6, 6.07) is 20.2. The van der Waals surface area contributed by atoms with Gasteiger partial charge in [-0.3, -0.25) is 24.1 Å². The van der Waals surface area contributed by atoms with Crippen LogP contribution in [0.3, 0.4) is 0 Å². The van der Waals surface area contributed by atoms with Gasteiger partial charge in [0.2, 0.25) is 5.91 Å². The SMILES string of the molecule is CCOc1ccc(NC(=O)CNC(=O)c2cccc(CN3C(=O)c4ccccc4C3=O)c2)cc1. The third-order valence-electron chi connectivity index (χ3n) is 5.27. The molecule has 0 spiro atoms. The Morgan fingerprint density at radius 3 is 2.21 bits per heavy atom. The molecule has 1 heterocycles. The maximum Gasteiger partial charge on any atom is 0.261 e. The average Bonchev–Trinajstić information content (AvgIpc) is 3.09. The third-order valence-corrected chi connectivity index (χ3v) is 5.27. The number of anilines is 1. The highest BCUT2D eigenvalue weighted by atomic mass is 16.5. The first kappa shape index (κ1) is 22.7. The number of carbonyl (C=O) groups excluding carboxylic acids is 4. The fourth-order valence-corrected chi connectivity index (χ4v) is 3.65. The van der Waals surface area contributed by atoms with Gasteiger partial charge in [0, 0.05) is 11.3 Å². The average molecular weight is 457 g/mol. The summed E-state index contributed by atoms with van der Waals surface area (Å²) in [4.78, 5) is 51.1. The highest BCUT2D eigenvalue weighted by Gasteiger charge is 2.35. The Bertz CT molecular complexity index is 1220. The van der Waals surface area contributed by atoms with Crippen molar-refractivity contribution in [3.05, 3.63) is 95.1 Å². The zero-order valence-corrected chi connectivity index (χ0v) is 18.5. The van der Waals surface area contributed by atoms with Crippen molar-refractivity contribution in [1.82, 2.24) is 10.2 Å².